The van der Waals surface area contributed by atoms with E-state index in [-0.39, 0.29) is 5.91 Å². The quantitative estimate of drug-likeness (QED) is 0.722. The van der Waals surface area contributed by atoms with Crippen molar-refractivity contribution in [2.75, 3.05) is 7.11 Å². The second kappa shape index (κ2) is 6.12. The number of H-pyrrole nitrogens is 1. The Labute approximate surface area is 151 Å². The summed E-state index contributed by atoms with van der Waals surface area (Å²) in [5.41, 5.74) is 2.67. The summed E-state index contributed by atoms with van der Waals surface area (Å²) >= 11 is 5.90. The molecule has 0 spiro atoms. The van der Waals surface area contributed by atoms with E-state index < -0.39 is 5.41 Å². The minimum atomic E-state index is -0.433. The molecule has 1 heterocycles. The van der Waals surface area contributed by atoms with Gasteiger partial charge in [-0.25, -0.2) is 0 Å². The Morgan fingerprint density at radius 2 is 2.00 bits per heavy atom. The number of nitrogens with one attached hydrogen (secondary N) is 2. The molecule has 0 saturated heterocycles. The van der Waals surface area contributed by atoms with Gasteiger partial charge in [0.1, 0.15) is 5.75 Å². The third-order valence-electron chi connectivity index (χ3n) is 4.96. The summed E-state index contributed by atoms with van der Waals surface area (Å²) in [6, 6.07) is 13.4. The third kappa shape index (κ3) is 2.87. The van der Waals surface area contributed by atoms with Crippen LogP contribution in [0.25, 0.3) is 10.9 Å². The van der Waals surface area contributed by atoms with E-state index in [0.29, 0.717) is 11.6 Å². The van der Waals surface area contributed by atoms with Crippen LogP contribution in [0.5, 0.6) is 5.75 Å². The van der Waals surface area contributed by atoms with Crippen LogP contribution in [0.3, 0.4) is 0 Å². The molecule has 2 aromatic carbocycles. The van der Waals surface area contributed by atoms with Crippen molar-refractivity contribution in [3.8, 4) is 5.75 Å². The second-order valence-corrected chi connectivity index (χ2v) is 6.94. The van der Waals surface area contributed by atoms with Crippen LogP contribution in [0, 0.1) is 0 Å². The molecule has 0 bridgehead atoms. The molecule has 1 aliphatic carbocycles. The molecular weight excluding hydrogens is 336 g/mol. The number of aromatic amines is 1. The van der Waals surface area contributed by atoms with Crippen LogP contribution in [0.15, 0.2) is 48.7 Å². The molecule has 3 aromatic rings. The lowest BCUT2D eigenvalue weighted by atomic mass is 9.94. The van der Waals surface area contributed by atoms with Crippen molar-refractivity contribution < 1.29 is 9.53 Å². The van der Waals surface area contributed by atoms with Gasteiger partial charge in [-0.15, -0.1) is 0 Å². The molecule has 1 amide bonds. The molecule has 25 heavy (non-hydrogen) atoms. The average Bonchev–Trinajstić information content (AvgIpc) is 3.34. The molecule has 2 N–H and O–H groups in total. The Morgan fingerprint density at radius 3 is 2.68 bits per heavy atom. The lowest BCUT2D eigenvalue weighted by Crippen LogP contribution is -2.34. The van der Waals surface area contributed by atoms with Gasteiger partial charge in [-0.1, -0.05) is 23.7 Å². The number of carbonyl (C=O) groups is 1. The van der Waals surface area contributed by atoms with Crippen molar-refractivity contribution in [2.24, 2.45) is 0 Å². The lowest BCUT2D eigenvalue weighted by Gasteiger charge is -2.15. The van der Waals surface area contributed by atoms with Crippen LogP contribution >= 0.6 is 11.6 Å². The topological polar surface area (TPSA) is 54.1 Å². The van der Waals surface area contributed by atoms with Crippen LogP contribution in [-0.2, 0) is 16.8 Å². The molecular formula is C20H19ClN2O2. The number of carbonyl (C=O) groups excluding carboxylic acids is 1. The van der Waals surface area contributed by atoms with Crippen LogP contribution < -0.4 is 10.1 Å². The second-order valence-electron chi connectivity index (χ2n) is 6.51. The number of aromatic nitrogens is 1. The molecule has 0 aliphatic heterocycles. The van der Waals surface area contributed by atoms with Gasteiger partial charge in [-0.3, -0.25) is 4.79 Å². The zero-order valence-corrected chi connectivity index (χ0v) is 14.7. The Morgan fingerprint density at radius 1 is 1.24 bits per heavy atom. The molecule has 1 saturated carbocycles. The highest BCUT2D eigenvalue weighted by Crippen LogP contribution is 2.51. The molecule has 128 valence electrons. The Bertz CT molecular complexity index is 927. The fourth-order valence-electron chi connectivity index (χ4n) is 3.32. The first kappa shape index (κ1) is 16.0. The summed E-state index contributed by atoms with van der Waals surface area (Å²) in [5, 5.41) is 4.83. The van der Waals surface area contributed by atoms with Crippen molar-refractivity contribution in [1.82, 2.24) is 10.3 Å². The summed E-state index contributed by atoms with van der Waals surface area (Å²) in [6.07, 6.45) is 3.69. The molecule has 1 aromatic heterocycles. The molecule has 5 heteroatoms. The van der Waals surface area contributed by atoms with Crippen LogP contribution in [0.1, 0.15) is 24.0 Å². The number of hydrogen-bond acceptors (Lipinski definition) is 2. The van der Waals surface area contributed by atoms with Crippen LogP contribution in [0.2, 0.25) is 5.02 Å². The molecule has 1 fully saturated rings. The third-order valence-corrected chi connectivity index (χ3v) is 5.21. The van der Waals surface area contributed by atoms with Gasteiger partial charge in [0, 0.05) is 28.7 Å². The summed E-state index contributed by atoms with van der Waals surface area (Å²) < 4.78 is 5.33. The molecule has 0 unspecified atom stereocenters. The number of ether oxygens (including phenoxy) is 1. The predicted molar refractivity (Wildman–Crippen MR) is 99.1 cm³/mol. The fourth-order valence-corrected chi connectivity index (χ4v) is 3.45. The predicted octanol–water partition coefficient (Wildman–Crippen LogP) is 4.18. The normalized spacial score (nSPS) is 15.1. The first-order valence-corrected chi connectivity index (χ1v) is 8.68. The van der Waals surface area contributed by atoms with Gasteiger partial charge < -0.3 is 15.0 Å². The highest BCUT2D eigenvalue weighted by Gasteiger charge is 2.52. The Hall–Kier alpha value is -2.46. The molecule has 1 aliphatic rings. The van der Waals surface area contributed by atoms with E-state index in [0.717, 1.165) is 40.6 Å². The number of amides is 1. The Kier molecular flexibility index (Phi) is 3.92. The van der Waals surface area contributed by atoms with Gasteiger partial charge in [0.2, 0.25) is 5.91 Å². The molecule has 0 radical (unpaired) electrons. The van der Waals surface area contributed by atoms with Gasteiger partial charge >= 0.3 is 0 Å². The number of hydrogen-bond donors (Lipinski definition) is 2. The van der Waals surface area contributed by atoms with Crippen LogP contribution in [-0.4, -0.2) is 18.0 Å². The number of fused-ring (bicyclic) bond motifs is 1. The maximum absolute atomic E-state index is 12.9. The maximum Gasteiger partial charge on any atom is 0.231 e. The van der Waals surface area contributed by atoms with Gasteiger partial charge in [0.15, 0.2) is 0 Å². The van der Waals surface area contributed by atoms with E-state index in [1.807, 2.05) is 48.7 Å². The van der Waals surface area contributed by atoms with Crippen molar-refractivity contribution in [3.05, 3.63) is 64.8 Å². The first-order valence-electron chi connectivity index (χ1n) is 8.31. The summed E-state index contributed by atoms with van der Waals surface area (Å²) in [4.78, 5) is 16.2. The van der Waals surface area contributed by atoms with Gasteiger partial charge in [0.05, 0.1) is 12.5 Å². The zero-order chi connectivity index (χ0) is 17.4. The molecule has 4 nitrogen and oxygen atoms in total. The SMILES string of the molecule is COc1ccc2[nH]cc(C3(C(=O)NCc4ccc(Cl)cc4)CC3)c2c1. The minimum absolute atomic E-state index is 0.0752. The van der Waals surface area contributed by atoms with E-state index in [1.165, 1.54) is 0 Å². The first-order chi connectivity index (χ1) is 12.1. The molecule has 0 atom stereocenters. The van der Waals surface area contributed by atoms with Crippen LogP contribution in [0.4, 0.5) is 0 Å². The highest BCUT2D eigenvalue weighted by molar-refractivity contribution is 6.30. The summed E-state index contributed by atoms with van der Waals surface area (Å²) in [6.45, 7) is 0.503. The largest absolute Gasteiger partial charge is 0.497 e. The van der Waals surface area contributed by atoms with E-state index in [2.05, 4.69) is 10.3 Å². The van der Waals surface area contributed by atoms with Gasteiger partial charge in [0.25, 0.3) is 0 Å². The van der Waals surface area contributed by atoms with E-state index in [9.17, 15) is 4.79 Å². The number of benzene rings is 2. The maximum atomic E-state index is 12.9. The number of halogens is 1. The smallest absolute Gasteiger partial charge is 0.231 e. The van der Waals surface area contributed by atoms with E-state index in [1.54, 1.807) is 7.11 Å². The highest BCUT2D eigenvalue weighted by atomic mass is 35.5. The van der Waals surface area contributed by atoms with Gasteiger partial charge in [-0.2, -0.15) is 0 Å². The van der Waals surface area contributed by atoms with Crippen molar-refractivity contribution in [2.45, 2.75) is 24.8 Å². The van der Waals surface area contributed by atoms with Crippen molar-refractivity contribution >= 4 is 28.4 Å². The van der Waals surface area contributed by atoms with E-state index >= 15 is 0 Å². The lowest BCUT2D eigenvalue weighted by molar-refractivity contribution is -0.123. The number of methoxy groups -OCH3 is 1. The van der Waals surface area contributed by atoms with Crippen molar-refractivity contribution in [3.63, 3.8) is 0 Å². The fraction of sp³-hybridized carbons (Fsp3) is 0.250. The zero-order valence-electron chi connectivity index (χ0n) is 13.9. The summed E-state index contributed by atoms with van der Waals surface area (Å²) in [5.74, 6) is 0.872. The summed E-state index contributed by atoms with van der Waals surface area (Å²) in [7, 11) is 1.65. The van der Waals surface area contributed by atoms with Crippen molar-refractivity contribution in [1.29, 1.82) is 0 Å². The Balaban J connectivity index is 1.57. The number of rotatable bonds is 5. The van der Waals surface area contributed by atoms with E-state index in [4.69, 9.17) is 16.3 Å². The minimum Gasteiger partial charge on any atom is -0.497 e. The standard InChI is InChI=1S/C20H19ClN2O2/c1-25-15-6-7-18-16(10-15)17(12-22-18)20(8-9-20)19(24)23-11-13-2-4-14(21)5-3-13/h2-7,10,12,22H,8-9,11H2,1H3,(H,23,24). The average molecular weight is 355 g/mol. The molecule has 4 rings (SSSR count). The van der Waals surface area contributed by atoms with Gasteiger partial charge in [-0.05, 0) is 54.3 Å². The monoisotopic (exact) mass is 354 g/mol.